The van der Waals surface area contributed by atoms with Crippen LogP contribution < -0.4 is 0 Å². The summed E-state index contributed by atoms with van der Waals surface area (Å²) in [6.07, 6.45) is 2.49. The van der Waals surface area contributed by atoms with E-state index in [-0.39, 0.29) is 17.3 Å². The number of likely N-dealkylation sites (tertiary alicyclic amines) is 1. The van der Waals surface area contributed by atoms with Crippen molar-refractivity contribution in [3.8, 4) is 0 Å². The van der Waals surface area contributed by atoms with Crippen LogP contribution in [-0.4, -0.2) is 34.2 Å². The van der Waals surface area contributed by atoms with E-state index in [0.717, 1.165) is 6.54 Å². The zero-order valence-electron chi connectivity index (χ0n) is 9.65. The van der Waals surface area contributed by atoms with Gasteiger partial charge in [-0.3, -0.25) is 9.88 Å². The molecule has 4 heteroatoms. The lowest BCUT2D eigenvalue weighted by Gasteiger charge is -2.21. The normalized spacial score (nSPS) is 24.9. The highest BCUT2D eigenvalue weighted by Crippen LogP contribution is 2.30. The average molecular weight is 224 g/mol. The maximum absolute atomic E-state index is 13.4. The van der Waals surface area contributed by atoms with Crippen molar-refractivity contribution in [2.24, 2.45) is 5.41 Å². The van der Waals surface area contributed by atoms with E-state index in [2.05, 4.69) is 9.88 Å². The predicted octanol–water partition coefficient (Wildman–Crippen LogP) is 1.42. The van der Waals surface area contributed by atoms with E-state index in [1.165, 1.54) is 6.20 Å². The molecule has 0 saturated carbocycles. The van der Waals surface area contributed by atoms with Crippen LogP contribution in [0.4, 0.5) is 4.39 Å². The van der Waals surface area contributed by atoms with Crippen LogP contribution in [0.1, 0.15) is 19.4 Å². The van der Waals surface area contributed by atoms with Gasteiger partial charge >= 0.3 is 0 Å². The van der Waals surface area contributed by atoms with Crippen LogP contribution in [0.2, 0.25) is 0 Å². The van der Waals surface area contributed by atoms with Crippen LogP contribution in [0.5, 0.6) is 0 Å². The zero-order valence-corrected chi connectivity index (χ0v) is 9.65. The summed E-state index contributed by atoms with van der Waals surface area (Å²) >= 11 is 0. The smallest absolute Gasteiger partial charge is 0.145 e. The molecule has 2 rings (SSSR count). The van der Waals surface area contributed by atoms with Crippen molar-refractivity contribution in [3.05, 3.63) is 29.8 Å². The number of β-amino-alcohol motifs (C(OH)–C–C–N with tert-alkyl or cyclic N) is 1. The van der Waals surface area contributed by atoms with Gasteiger partial charge in [-0.15, -0.1) is 0 Å². The number of nitrogens with zero attached hydrogens (tertiary/aromatic N) is 2. The molecule has 0 aliphatic carbocycles. The first-order valence-electron chi connectivity index (χ1n) is 5.48. The molecule has 3 nitrogen and oxygen atoms in total. The van der Waals surface area contributed by atoms with Gasteiger partial charge in [-0.1, -0.05) is 13.8 Å². The lowest BCUT2D eigenvalue weighted by atomic mass is 9.90. The van der Waals surface area contributed by atoms with Crippen molar-refractivity contribution < 1.29 is 9.50 Å². The standard InChI is InChI=1S/C12H17FN2O/c1-12(2)8-15(7-11(12)16)6-9-3-4-14-5-10(9)13/h3-5,11,16H,6-8H2,1-2H3. The molecule has 1 unspecified atom stereocenters. The quantitative estimate of drug-likeness (QED) is 0.825. The van der Waals surface area contributed by atoms with Crippen LogP contribution in [-0.2, 0) is 6.54 Å². The largest absolute Gasteiger partial charge is 0.391 e. The Morgan fingerprint density at radius 1 is 1.62 bits per heavy atom. The van der Waals surface area contributed by atoms with Gasteiger partial charge in [0.05, 0.1) is 12.3 Å². The molecule has 0 amide bonds. The Labute approximate surface area is 94.9 Å². The van der Waals surface area contributed by atoms with Crippen molar-refractivity contribution in [2.75, 3.05) is 13.1 Å². The maximum Gasteiger partial charge on any atom is 0.145 e. The van der Waals surface area contributed by atoms with Gasteiger partial charge < -0.3 is 5.11 Å². The fourth-order valence-corrected chi connectivity index (χ4v) is 2.13. The topological polar surface area (TPSA) is 36.4 Å². The Morgan fingerprint density at radius 3 is 2.94 bits per heavy atom. The summed E-state index contributed by atoms with van der Waals surface area (Å²) < 4.78 is 13.4. The van der Waals surface area contributed by atoms with Crippen LogP contribution in [0, 0.1) is 11.2 Å². The van der Waals surface area contributed by atoms with Crippen LogP contribution in [0.3, 0.4) is 0 Å². The predicted molar refractivity (Wildman–Crippen MR) is 59.3 cm³/mol. The molecule has 1 N–H and O–H groups in total. The van der Waals surface area contributed by atoms with Gasteiger partial charge in [0, 0.05) is 36.8 Å². The summed E-state index contributed by atoms with van der Waals surface area (Å²) in [4.78, 5) is 5.79. The lowest BCUT2D eigenvalue weighted by Crippen LogP contribution is -2.26. The Morgan fingerprint density at radius 2 is 2.38 bits per heavy atom. The van der Waals surface area contributed by atoms with Gasteiger partial charge in [0.15, 0.2) is 0 Å². The van der Waals surface area contributed by atoms with Gasteiger partial charge in [-0.05, 0) is 6.07 Å². The first-order chi connectivity index (χ1) is 7.49. The fraction of sp³-hybridized carbons (Fsp3) is 0.583. The minimum Gasteiger partial charge on any atom is -0.391 e. The van der Waals surface area contributed by atoms with Gasteiger partial charge in [0.25, 0.3) is 0 Å². The molecule has 1 fully saturated rings. The number of aliphatic hydroxyl groups excluding tert-OH is 1. The van der Waals surface area contributed by atoms with Gasteiger partial charge in [-0.2, -0.15) is 0 Å². The second-order valence-corrected chi connectivity index (χ2v) is 5.14. The second kappa shape index (κ2) is 4.11. The SMILES string of the molecule is CC1(C)CN(Cc2ccncc2F)CC1O. The number of halogens is 1. The molecule has 1 aliphatic heterocycles. The molecule has 1 aromatic rings. The molecule has 1 saturated heterocycles. The average Bonchev–Trinajstić information content (AvgIpc) is 2.44. The lowest BCUT2D eigenvalue weighted by molar-refractivity contribution is 0.0954. The summed E-state index contributed by atoms with van der Waals surface area (Å²) in [6, 6.07) is 1.69. The van der Waals surface area contributed by atoms with Crippen LogP contribution >= 0.6 is 0 Å². The van der Waals surface area contributed by atoms with Gasteiger partial charge in [0.1, 0.15) is 5.82 Å². The fourth-order valence-electron chi connectivity index (χ4n) is 2.13. The number of aromatic nitrogens is 1. The van der Waals surface area contributed by atoms with E-state index < -0.39 is 0 Å². The summed E-state index contributed by atoms with van der Waals surface area (Å²) in [5.41, 5.74) is 0.531. The number of rotatable bonds is 2. The maximum atomic E-state index is 13.4. The van der Waals surface area contributed by atoms with E-state index in [0.29, 0.717) is 18.7 Å². The Hall–Kier alpha value is -1.00. The number of aliphatic hydroxyl groups is 1. The molecule has 0 bridgehead atoms. The third-order valence-corrected chi connectivity index (χ3v) is 3.21. The molecule has 88 valence electrons. The van der Waals surface area contributed by atoms with Gasteiger partial charge in [0.2, 0.25) is 0 Å². The van der Waals surface area contributed by atoms with Crippen LogP contribution in [0.25, 0.3) is 0 Å². The first-order valence-corrected chi connectivity index (χ1v) is 5.48. The molecule has 1 atom stereocenters. The molecule has 1 aliphatic rings. The van der Waals surface area contributed by atoms with Crippen molar-refractivity contribution in [1.82, 2.24) is 9.88 Å². The highest BCUT2D eigenvalue weighted by Gasteiger charge is 2.37. The Balaban J connectivity index is 2.05. The zero-order chi connectivity index (χ0) is 11.8. The molecular formula is C12H17FN2O. The molecular weight excluding hydrogens is 207 g/mol. The van der Waals surface area contributed by atoms with Crippen molar-refractivity contribution in [3.63, 3.8) is 0 Å². The number of hydrogen-bond acceptors (Lipinski definition) is 3. The van der Waals surface area contributed by atoms with E-state index in [4.69, 9.17) is 0 Å². The summed E-state index contributed by atoms with van der Waals surface area (Å²) in [5.74, 6) is -0.276. The minimum atomic E-state index is -0.336. The highest BCUT2D eigenvalue weighted by atomic mass is 19.1. The molecule has 0 spiro atoms. The van der Waals surface area contributed by atoms with E-state index >= 15 is 0 Å². The van der Waals surface area contributed by atoms with E-state index in [9.17, 15) is 9.50 Å². The van der Waals surface area contributed by atoms with Crippen molar-refractivity contribution in [2.45, 2.75) is 26.5 Å². The minimum absolute atomic E-state index is 0.108. The molecule has 1 aromatic heterocycles. The highest BCUT2D eigenvalue weighted by molar-refractivity contribution is 5.13. The van der Waals surface area contributed by atoms with Crippen LogP contribution in [0.15, 0.2) is 18.5 Å². The number of hydrogen-bond donors (Lipinski definition) is 1. The Kier molecular flexibility index (Phi) is 2.95. The second-order valence-electron chi connectivity index (χ2n) is 5.14. The summed E-state index contributed by atoms with van der Waals surface area (Å²) in [5, 5.41) is 9.83. The van der Waals surface area contributed by atoms with Crippen molar-refractivity contribution in [1.29, 1.82) is 0 Å². The van der Waals surface area contributed by atoms with E-state index in [1.807, 2.05) is 13.8 Å². The number of pyridine rings is 1. The third kappa shape index (κ3) is 2.23. The molecule has 2 heterocycles. The monoisotopic (exact) mass is 224 g/mol. The first kappa shape index (κ1) is 11.5. The molecule has 0 radical (unpaired) electrons. The molecule has 0 aromatic carbocycles. The molecule has 16 heavy (non-hydrogen) atoms. The summed E-state index contributed by atoms with van der Waals surface area (Å²) in [7, 11) is 0. The van der Waals surface area contributed by atoms with E-state index in [1.54, 1.807) is 12.3 Å². The summed E-state index contributed by atoms with van der Waals surface area (Å²) in [6.45, 7) is 5.99. The van der Waals surface area contributed by atoms with Crippen molar-refractivity contribution >= 4 is 0 Å². The Bertz CT molecular complexity index is 381. The van der Waals surface area contributed by atoms with Gasteiger partial charge in [-0.25, -0.2) is 4.39 Å². The third-order valence-electron chi connectivity index (χ3n) is 3.21.